The minimum absolute atomic E-state index is 0.144. The summed E-state index contributed by atoms with van der Waals surface area (Å²) < 4.78 is 0. The van der Waals surface area contributed by atoms with Crippen molar-refractivity contribution in [2.75, 3.05) is 0 Å². The fraction of sp³-hybridized carbons (Fsp3) is 0.538. The molecule has 0 bridgehead atoms. The molecule has 3 nitrogen and oxygen atoms in total. The summed E-state index contributed by atoms with van der Waals surface area (Å²) in [5.41, 5.74) is 1.27. The maximum absolute atomic E-state index is 10.5. The van der Waals surface area contributed by atoms with Gasteiger partial charge in [-0.15, -0.1) is 11.6 Å². The van der Waals surface area contributed by atoms with E-state index in [1.165, 1.54) is 0 Å². The Morgan fingerprint density at radius 1 is 1.35 bits per heavy atom. The van der Waals surface area contributed by atoms with Crippen molar-refractivity contribution in [3.8, 4) is 0 Å². The number of benzene rings is 1. The number of nitrogens with zero attached hydrogens (tertiary/aromatic N) is 1. The van der Waals surface area contributed by atoms with Gasteiger partial charge in [0.2, 0.25) is 0 Å². The van der Waals surface area contributed by atoms with Crippen LogP contribution < -0.4 is 0 Å². The summed E-state index contributed by atoms with van der Waals surface area (Å²) >= 11 is 6.16. The summed E-state index contributed by atoms with van der Waals surface area (Å²) in [5.74, 6) is 0.469. The average Bonchev–Trinajstić information content (AvgIpc) is 2.35. The molecule has 1 rings (SSSR count). The molecule has 0 aliphatic rings. The number of hydrogen-bond acceptors (Lipinski definition) is 2. The van der Waals surface area contributed by atoms with Crippen LogP contribution in [0.1, 0.15) is 32.3 Å². The van der Waals surface area contributed by atoms with Gasteiger partial charge in [-0.05, 0) is 30.7 Å². The van der Waals surface area contributed by atoms with Gasteiger partial charge in [0.05, 0.1) is 4.92 Å². The standard InChI is InChI=1S/C13H18ClNO2/c1-3-13(14)10(2)4-5-11-6-8-12(9-7-11)15(16)17/h6-10,13H,3-5H2,1-2H3. The minimum Gasteiger partial charge on any atom is -0.258 e. The van der Waals surface area contributed by atoms with Gasteiger partial charge in [0.25, 0.3) is 5.69 Å². The summed E-state index contributed by atoms with van der Waals surface area (Å²) in [6, 6.07) is 6.75. The summed E-state index contributed by atoms with van der Waals surface area (Å²) in [6.07, 6.45) is 2.91. The first kappa shape index (κ1) is 14.0. The van der Waals surface area contributed by atoms with Crippen molar-refractivity contribution in [1.29, 1.82) is 0 Å². The molecule has 0 heterocycles. The second-order valence-electron chi connectivity index (χ2n) is 4.36. The zero-order valence-electron chi connectivity index (χ0n) is 10.2. The van der Waals surface area contributed by atoms with Gasteiger partial charge in [0, 0.05) is 17.5 Å². The molecular weight excluding hydrogens is 238 g/mol. The summed E-state index contributed by atoms with van der Waals surface area (Å²) in [5, 5.41) is 10.7. The first-order valence-corrected chi connectivity index (χ1v) is 6.35. The van der Waals surface area contributed by atoms with Crippen molar-refractivity contribution in [3.63, 3.8) is 0 Å². The Bertz CT molecular complexity index is 364. The molecule has 0 fully saturated rings. The van der Waals surface area contributed by atoms with E-state index in [9.17, 15) is 10.1 Å². The first-order valence-electron chi connectivity index (χ1n) is 5.92. The summed E-state index contributed by atoms with van der Waals surface area (Å²) in [6.45, 7) is 4.23. The first-order chi connectivity index (χ1) is 8.04. The van der Waals surface area contributed by atoms with Crippen LogP contribution in [0.2, 0.25) is 0 Å². The van der Waals surface area contributed by atoms with Crippen molar-refractivity contribution in [3.05, 3.63) is 39.9 Å². The van der Waals surface area contributed by atoms with E-state index in [1.54, 1.807) is 12.1 Å². The molecule has 2 unspecified atom stereocenters. The molecule has 0 amide bonds. The Hall–Kier alpha value is -1.09. The minimum atomic E-state index is -0.377. The van der Waals surface area contributed by atoms with Crippen LogP contribution in [-0.2, 0) is 6.42 Å². The van der Waals surface area contributed by atoms with Crippen molar-refractivity contribution in [1.82, 2.24) is 0 Å². The maximum Gasteiger partial charge on any atom is 0.269 e. The van der Waals surface area contributed by atoms with Gasteiger partial charge in [0.1, 0.15) is 0 Å². The Balaban J connectivity index is 2.50. The normalized spacial score (nSPS) is 14.3. The van der Waals surface area contributed by atoms with Gasteiger partial charge < -0.3 is 0 Å². The second-order valence-corrected chi connectivity index (χ2v) is 4.92. The molecule has 94 valence electrons. The monoisotopic (exact) mass is 255 g/mol. The van der Waals surface area contributed by atoms with Crippen molar-refractivity contribution < 1.29 is 4.92 Å². The highest BCUT2D eigenvalue weighted by molar-refractivity contribution is 6.20. The Morgan fingerprint density at radius 3 is 2.41 bits per heavy atom. The highest BCUT2D eigenvalue weighted by Crippen LogP contribution is 2.20. The van der Waals surface area contributed by atoms with E-state index in [4.69, 9.17) is 11.6 Å². The number of halogens is 1. The van der Waals surface area contributed by atoms with Crippen LogP contribution in [-0.4, -0.2) is 10.3 Å². The van der Waals surface area contributed by atoms with Crippen LogP contribution in [0.5, 0.6) is 0 Å². The van der Waals surface area contributed by atoms with Gasteiger partial charge in [-0.2, -0.15) is 0 Å². The van der Waals surface area contributed by atoms with Crippen molar-refractivity contribution in [2.45, 2.75) is 38.5 Å². The third-order valence-electron chi connectivity index (χ3n) is 3.04. The number of nitro groups is 1. The smallest absolute Gasteiger partial charge is 0.258 e. The number of non-ortho nitro benzene ring substituents is 1. The molecule has 0 N–H and O–H groups in total. The van der Waals surface area contributed by atoms with E-state index in [0.29, 0.717) is 5.92 Å². The topological polar surface area (TPSA) is 43.1 Å². The van der Waals surface area contributed by atoms with Gasteiger partial charge in [-0.1, -0.05) is 26.0 Å². The fourth-order valence-electron chi connectivity index (χ4n) is 1.76. The van der Waals surface area contributed by atoms with Crippen LogP contribution in [0.4, 0.5) is 5.69 Å². The van der Waals surface area contributed by atoms with Crippen LogP contribution in [0.25, 0.3) is 0 Å². The SMILES string of the molecule is CCC(Cl)C(C)CCc1ccc([N+](=O)[O-])cc1. The number of alkyl halides is 1. The predicted octanol–water partition coefficient (Wildman–Crippen LogP) is 4.18. The van der Waals surface area contributed by atoms with E-state index in [2.05, 4.69) is 13.8 Å². The van der Waals surface area contributed by atoms with E-state index in [0.717, 1.165) is 24.8 Å². The van der Waals surface area contributed by atoms with Gasteiger partial charge in [0.15, 0.2) is 0 Å². The number of rotatable bonds is 6. The molecular formula is C13H18ClNO2. The lowest BCUT2D eigenvalue weighted by Gasteiger charge is -2.15. The van der Waals surface area contributed by atoms with Crippen LogP contribution >= 0.6 is 11.6 Å². The molecule has 17 heavy (non-hydrogen) atoms. The molecule has 0 aliphatic carbocycles. The fourth-order valence-corrected chi connectivity index (χ4v) is 1.89. The van der Waals surface area contributed by atoms with Gasteiger partial charge in [-0.3, -0.25) is 10.1 Å². The predicted molar refractivity (Wildman–Crippen MR) is 70.5 cm³/mol. The Kier molecular flexibility index (Phi) is 5.42. The van der Waals surface area contributed by atoms with E-state index >= 15 is 0 Å². The lowest BCUT2D eigenvalue weighted by molar-refractivity contribution is -0.384. The Morgan fingerprint density at radius 2 is 1.94 bits per heavy atom. The summed E-state index contributed by atoms with van der Waals surface area (Å²) in [7, 11) is 0. The van der Waals surface area contributed by atoms with E-state index < -0.39 is 0 Å². The molecule has 0 radical (unpaired) electrons. The highest BCUT2D eigenvalue weighted by Gasteiger charge is 2.12. The number of aryl methyl sites for hydroxylation is 1. The molecule has 0 saturated heterocycles. The second kappa shape index (κ2) is 6.60. The van der Waals surface area contributed by atoms with Gasteiger partial charge >= 0.3 is 0 Å². The third kappa shape index (κ3) is 4.35. The largest absolute Gasteiger partial charge is 0.269 e. The number of nitro benzene ring substituents is 1. The molecule has 0 aromatic heterocycles. The quantitative estimate of drug-likeness (QED) is 0.435. The molecule has 0 spiro atoms. The van der Waals surface area contributed by atoms with Crippen LogP contribution in [0.15, 0.2) is 24.3 Å². The van der Waals surface area contributed by atoms with Gasteiger partial charge in [-0.25, -0.2) is 0 Å². The van der Waals surface area contributed by atoms with Crippen molar-refractivity contribution in [2.24, 2.45) is 5.92 Å². The molecule has 4 heteroatoms. The average molecular weight is 256 g/mol. The van der Waals surface area contributed by atoms with E-state index in [1.807, 2.05) is 12.1 Å². The lowest BCUT2D eigenvalue weighted by atomic mass is 9.97. The molecule has 0 saturated carbocycles. The summed E-state index contributed by atoms with van der Waals surface area (Å²) in [4.78, 5) is 10.1. The van der Waals surface area contributed by atoms with Crippen LogP contribution in [0, 0.1) is 16.0 Å². The molecule has 1 aromatic rings. The molecule has 2 atom stereocenters. The maximum atomic E-state index is 10.5. The Labute approximate surface area is 107 Å². The van der Waals surface area contributed by atoms with E-state index in [-0.39, 0.29) is 16.0 Å². The zero-order valence-corrected chi connectivity index (χ0v) is 11.0. The zero-order chi connectivity index (χ0) is 12.8. The van der Waals surface area contributed by atoms with Crippen molar-refractivity contribution >= 4 is 17.3 Å². The third-order valence-corrected chi connectivity index (χ3v) is 3.78. The lowest BCUT2D eigenvalue weighted by Crippen LogP contribution is -2.11. The number of hydrogen-bond donors (Lipinski definition) is 0. The van der Waals surface area contributed by atoms with Crippen LogP contribution in [0.3, 0.4) is 0 Å². The molecule has 1 aromatic carbocycles. The molecule has 0 aliphatic heterocycles. The highest BCUT2D eigenvalue weighted by atomic mass is 35.5.